The Morgan fingerprint density at radius 3 is 2.76 bits per heavy atom. The molecule has 21 heavy (non-hydrogen) atoms. The van der Waals surface area contributed by atoms with E-state index >= 15 is 0 Å². The number of ether oxygens (including phenoxy) is 1. The number of carbonyl (C=O) groups is 2. The third kappa shape index (κ3) is 4.86. The van der Waals surface area contributed by atoms with Crippen molar-refractivity contribution >= 4 is 12.2 Å². The zero-order valence-corrected chi connectivity index (χ0v) is 12.5. The molecular weight excluding hydrogens is 268 g/mol. The minimum atomic E-state index is 0.202. The Hall–Kier alpha value is -1.88. The minimum absolute atomic E-state index is 0.202. The molecule has 1 aromatic carbocycles. The molecule has 1 heterocycles. The Morgan fingerprint density at radius 2 is 2.05 bits per heavy atom. The number of hydrogen-bond donors (Lipinski definition) is 0. The van der Waals surface area contributed by atoms with Crippen molar-refractivity contribution in [3.8, 4) is 5.75 Å². The molecule has 0 atom stereocenters. The Morgan fingerprint density at radius 1 is 1.29 bits per heavy atom. The molecule has 0 spiro atoms. The molecule has 0 N–H and O–H groups in total. The molecule has 0 aromatic heterocycles. The second-order valence-electron chi connectivity index (χ2n) is 5.33. The maximum absolute atomic E-state index is 12.0. The van der Waals surface area contributed by atoms with E-state index < -0.39 is 0 Å². The Bertz CT molecular complexity index is 482. The smallest absolute Gasteiger partial charge is 0.222 e. The van der Waals surface area contributed by atoms with Gasteiger partial charge in [0.1, 0.15) is 12.0 Å². The van der Waals surface area contributed by atoms with Gasteiger partial charge in [-0.15, -0.1) is 0 Å². The largest absolute Gasteiger partial charge is 0.494 e. The number of carbonyl (C=O) groups excluding carboxylic acids is 2. The lowest BCUT2D eigenvalue weighted by molar-refractivity contribution is -0.133. The van der Waals surface area contributed by atoms with E-state index in [0.717, 1.165) is 32.5 Å². The van der Waals surface area contributed by atoms with Crippen LogP contribution in [0.3, 0.4) is 0 Å². The summed E-state index contributed by atoms with van der Waals surface area (Å²) in [6.07, 6.45) is 2.00. The molecule has 2 rings (SSSR count). The van der Waals surface area contributed by atoms with Crippen LogP contribution in [0.2, 0.25) is 0 Å². The fourth-order valence-electron chi connectivity index (χ4n) is 2.31. The lowest BCUT2D eigenvalue weighted by Gasteiger charge is -2.32. The lowest BCUT2D eigenvalue weighted by Crippen LogP contribution is -2.47. The number of piperazine rings is 1. The van der Waals surface area contributed by atoms with E-state index in [4.69, 9.17) is 4.74 Å². The summed E-state index contributed by atoms with van der Waals surface area (Å²) in [5.74, 6) is 0.875. The molecule has 5 nitrogen and oxygen atoms in total. The molecule has 1 amide bonds. The summed E-state index contributed by atoms with van der Waals surface area (Å²) in [6.45, 7) is 4.01. The lowest BCUT2D eigenvalue weighted by atomic mass is 10.2. The van der Waals surface area contributed by atoms with Crippen LogP contribution in [0.25, 0.3) is 0 Å². The molecule has 1 aliphatic heterocycles. The Kier molecular flexibility index (Phi) is 5.75. The van der Waals surface area contributed by atoms with E-state index in [-0.39, 0.29) is 5.91 Å². The first-order valence-corrected chi connectivity index (χ1v) is 7.33. The molecule has 1 saturated heterocycles. The van der Waals surface area contributed by atoms with Crippen LogP contribution in [0, 0.1) is 0 Å². The van der Waals surface area contributed by atoms with Crippen molar-refractivity contribution < 1.29 is 14.3 Å². The third-order valence-corrected chi connectivity index (χ3v) is 3.65. The SMILES string of the molecule is CN1CCN(C(=O)CCCOc2cccc(C=O)c2)CC1. The highest BCUT2D eigenvalue weighted by molar-refractivity contribution is 5.76. The predicted molar refractivity (Wildman–Crippen MR) is 80.6 cm³/mol. The van der Waals surface area contributed by atoms with E-state index in [9.17, 15) is 9.59 Å². The van der Waals surface area contributed by atoms with Crippen molar-refractivity contribution in [1.29, 1.82) is 0 Å². The standard InChI is InChI=1S/C16H22N2O3/c1-17-7-9-18(10-8-17)16(20)6-3-11-21-15-5-2-4-14(12-15)13-19/h2,4-5,12-13H,3,6-11H2,1H3. The maximum atomic E-state index is 12.0. The second-order valence-corrected chi connectivity index (χ2v) is 5.33. The fourth-order valence-corrected chi connectivity index (χ4v) is 2.31. The average molecular weight is 290 g/mol. The summed E-state index contributed by atoms with van der Waals surface area (Å²) in [5, 5.41) is 0. The van der Waals surface area contributed by atoms with Gasteiger partial charge in [0.2, 0.25) is 5.91 Å². The van der Waals surface area contributed by atoms with E-state index in [2.05, 4.69) is 11.9 Å². The van der Waals surface area contributed by atoms with Crippen LogP contribution in [0.15, 0.2) is 24.3 Å². The van der Waals surface area contributed by atoms with Crippen LogP contribution >= 0.6 is 0 Å². The van der Waals surface area contributed by atoms with E-state index in [1.165, 1.54) is 0 Å². The predicted octanol–water partition coefficient (Wildman–Crippen LogP) is 1.43. The van der Waals surface area contributed by atoms with Gasteiger partial charge in [-0.05, 0) is 25.6 Å². The number of aldehydes is 1. The summed E-state index contributed by atoms with van der Waals surface area (Å²) in [5.41, 5.74) is 0.598. The van der Waals surface area contributed by atoms with Gasteiger partial charge >= 0.3 is 0 Å². The van der Waals surface area contributed by atoms with Crippen LogP contribution in [0.4, 0.5) is 0 Å². The van der Waals surface area contributed by atoms with Crippen LogP contribution in [0.5, 0.6) is 5.75 Å². The second kappa shape index (κ2) is 7.78. The molecule has 1 aromatic rings. The monoisotopic (exact) mass is 290 g/mol. The molecule has 0 unspecified atom stereocenters. The molecule has 0 aliphatic carbocycles. The highest BCUT2D eigenvalue weighted by Gasteiger charge is 2.18. The first kappa shape index (κ1) is 15.5. The minimum Gasteiger partial charge on any atom is -0.494 e. The van der Waals surface area contributed by atoms with Gasteiger partial charge in [0, 0.05) is 38.2 Å². The first-order chi connectivity index (χ1) is 10.2. The van der Waals surface area contributed by atoms with Crippen molar-refractivity contribution in [2.45, 2.75) is 12.8 Å². The van der Waals surface area contributed by atoms with Gasteiger partial charge in [-0.1, -0.05) is 12.1 Å². The average Bonchev–Trinajstić information content (AvgIpc) is 2.52. The van der Waals surface area contributed by atoms with Crippen LogP contribution in [-0.2, 0) is 4.79 Å². The molecule has 114 valence electrons. The van der Waals surface area contributed by atoms with Crippen LogP contribution in [-0.4, -0.2) is 61.8 Å². The van der Waals surface area contributed by atoms with Crippen LogP contribution < -0.4 is 4.74 Å². The van der Waals surface area contributed by atoms with Gasteiger partial charge < -0.3 is 14.5 Å². The maximum Gasteiger partial charge on any atom is 0.222 e. The molecule has 0 radical (unpaired) electrons. The summed E-state index contributed by atoms with van der Waals surface area (Å²) in [4.78, 5) is 26.8. The van der Waals surface area contributed by atoms with Crippen molar-refractivity contribution in [2.75, 3.05) is 39.8 Å². The number of likely N-dealkylation sites (N-methyl/N-ethyl adjacent to an activating group) is 1. The Labute approximate surface area is 125 Å². The number of benzene rings is 1. The molecule has 0 saturated carbocycles. The summed E-state index contributed by atoms with van der Waals surface area (Å²) in [7, 11) is 2.07. The summed E-state index contributed by atoms with van der Waals surface area (Å²) >= 11 is 0. The quantitative estimate of drug-likeness (QED) is 0.587. The van der Waals surface area contributed by atoms with Gasteiger partial charge in [-0.25, -0.2) is 0 Å². The zero-order valence-electron chi connectivity index (χ0n) is 12.5. The molecule has 1 aliphatic rings. The van der Waals surface area contributed by atoms with Gasteiger partial charge in [-0.3, -0.25) is 9.59 Å². The number of rotatable bonds is 6. The summed E-state index contributed by atoms with van der Waals surface area (Å²) < 4.78 is 5.57. The molecule has 0 bridgehead atoms. The molecular formula is C16H22N2O3. The number of amides is 1. The number of nitrogens with zero attached hydrogens (tertiary/aromatic N) is 2. The van der Waals surface area contributed by atoms with Gasteiger partial charge in [-0.2, -0.15) is 0 Å². The summed E-state index contributed by atoms with van der Waals surface area (Å²) in [6, 6.07) is 7.04. The van der Waals surface area contributed by atoms with Gasteiger partial charge in [0.25, 0.3) is 0 Å². The number of hydrogen-bond acceptors (Lipinski definition) is 4. The normalized spacial score (nSPS) is 15.8. The van der Waals surface area contributed by atoms with E-state index in [1.807, 2.05) is 11.0 Å². The topological polar surface area (TPSA) is 49.9 Å². The van der Waals surface area contributed by atoms with Crippen molar-refractivity contribution in [3.63, 3.8) is 0 Å². The van der Waals surface area contributed by atoms with Crippen molar-refractivity contribution in [3.05, 3.63) is 29.8 Å². The molecule has 1 fully saturated rings. The Balaban J connectivity index is 1.67. The first-order valence-electron chi connectivity index (χ1n) is 7.33. The van der Waals surface area contributed by atoms with E-state index in [1.54, 1.807) is 18.2 Å². The van der Waals surface area contributed by atoms with Gasteiger partial charge in [0.15, 0.2) is 0 Å². The van der Waals surface area contributed by atoms with Crippen molar-refractivity contribution in [1.82, 2.24) is 9.80 Å². The van der Waals surface area contributed by atoms with Crippen molar-refractivity contribution in [2.24, 2.45) is 0 Å². The van der Waals surface area contributed by atoms with Crippen LogP contribution in [0.1, 0.15) is 23.2 Å². The zero-order chi connectivity index (χ0) is 15.1. The third-order valence-electron chi connectivity index (χ3n) is 3.65. The highest BCUT2D eigenvalue weighted by Crippen LogP contribution is 2.12. The van der Waals surface area contributed by atoms with Gasteiger partial charge in [0.05, 0.1) is 6.61 Å². The molecule has 5 heteroatoms. The highest BCUT2D eigenvalue weighted by atomic mass is 16.5. The van der Waals surface area contributed by atoms with E-state index in [0.29, 0.717) is 30.8 Å². The fraction of sp³-hybridized carbons (Fsp3) is 0.500.